The van der Waals surface area contributed by atoms with Gasteiger partial charge in [0, 0.05) is 6.92 Å². The van der Waals surface area contributed by atoms with Crippen molar-refractivity contribution in [1.29, 1.82) is 0 Å². The van der Waals surface area contributed by atoms with Gasteiger partial charge in [-0.2, -0.15) is 0 Å². The minimum absolute atomic E-state index is 0.00527. The zero-order valence-corrected chi connectivity index (χ0v) is 13.6. The molecule has 3 saturated carbocycles. The predicted octanol–water partition coefficient (Wildman–Crippen LogP) is 2.22. The van der Waals surface area contributed by atoms with Crippen LogP contribution in [0.5, 0.6) is 0 Å². The lowest BCUT2D eigenvalue weighted by molar-refractivity contribution is -0.168. The number of carbonyl (C=O) groups is 2. The van der Waals surface area contributed by atoms with Gasteiger partial charge in [0.05, 0.1) is 5.41 Å². The van der Waals surface area contributed by atoms with E-state index in [0.29, 0.717) is 31.6 Å². The first-order valence-electron chi connectivity index (χ1n) is 8.22. The van der Waals surface area contributed by atoms with Crippen LogP contribution in [0.4, 0.5) is 0 Å². The maximum Gasteiger partial charge on any atom is 0.309 e. The van der Waals surface area contributed by atoms with E-state index in [0.717, 1.165) is 6.42 Å². The topological polar surface area (TPSA) is 83.8 Å². The SMILES string of the molecule is CC(=O)OC[C@]1(O)CC[C@H]2[C@@H]3[C@@H]1CC[C@]3(C(=O)O)CC2(C)C. The molecule has 3 fully saturated rings. The van der Waals surface area contributed by atoms with Crippen molar-refractivity contribution in [3.05, 3.63) is 0 Å². The molecule has 5 atom stereocenters. The Kier molecular flexibility index (Phi) is 3.37. The Bertz CT molecular complexity index is 513. The zero-order valence-electron chi connectivity index (χ0n) is 13.6. The lowest BCUT2D eigenvalue weighted by Crippen LogP contribution is -2.52. The van der Waals surface area contributed by atoms with Gasteiger partial charge in [-0.25, -0.2) is 0 Å². The van der Waals surface area contributed by atoms with Crippen LogP contribution in [-0.2, 0) is 14.3 Å². The second kappa shape index (κ2) is 4.70. The van der Waals surface area contributed by atoms with Crippen molar-refractivity contribution in [1.82, 2.24) is 0 Å². The molecule has 3 rings (SSSR count). The molecule has 0 amide bonds. The number of aliphatic carboxylic acids is 1. The Labute approximate surface area is 131 Å². The third kappa shape index (κ3) is 2.01. The van der Waals surface area contributed by atoms with Gasteiger partial charge in [-0.05, 0) is 55.3 Å². The number of hydrogen-bond donors (Lipinski definition) is 2. The quantitative estimate of drug-likeness (QED) is 0.781. The van der Waals surface area contributed by atoms with Crippen LogP contribution in [0, 0.1) is 28.6 Å². The van der Waals surface area contributed by atoms with E-state index in [9.17, 15) is 19.8 Å². The van der Waals surface area contributed by atoms with Gasteiger partial charge in [-0.1, -0.05) is 13.8 Å². The van der Waals surface area contributed by atoms with E-state index in [4.69, 9.17) is 4.74 Å². The van der Waals surface area contributed by atoms with Crippen LogP contribution in [0.3, 0.4) is 0 Å². The molecular weight excluding hydrogens is 284 g/mol. The molecule has 0 spiro atoms. The van der Waals surface area contributed by atoms with Crippen LogP contribution >= 0.6 is 0 Å². The normalized spacial score (nSPS) is 45.4. The van der Waals surface area contributed by atoms with Gasteiger partial charge in [-0.3, -0.25) is 9.59 Å². The van der Waals surface area contributed by atoms with Crippen molar-refractivity contribution in [3.63, 3.8) is 0 Å². The summed E-state index contributed by atoms with van der Waals surface area (Å²) in [6.45, 7) is 5.65. The molecule has 0 heterocycles. The second-order valence-corrected chi connectivity index (χ2v) is 8.33. The first-order chi connectivity index (χ1) is 10.1. The van der Waals surface area contributed by atoms with E-state index >= 15 is 0 Å². The summed E-state index contributed by atoms with van der Waals surface area (Å²) in [5.41, 5.74) is -1.78. The summed E-state index contributed by atoms with van der Waals surface area (Å²) in [6.07, 6.45) is 3.41. The number of aliphatic hydroxyl groups is 1. The van der Waals surface area contributed by atoms with Crippen LogP contribution in [0.2, 0.25) is 0 Å². The molecule has 0 aromatic heterocycles. The van der Waals surface area contributed by atoms with Crippen molar-refractivity contribution in [2.45, 2.75) is 58.5 Å². The minimum atomic E-state index is -1.07. The van der Waals surface area contributed by atoms with E-state index in [1.807, 2.05) is 0 Å². The Morgan fingerprint density at radius 1 is 1.18 bits per heavy atom. The van der Waals surface area contributed by atoms with Crippen molar-refractivity contribution < 1.29 is 24.5 Å². The van der Waals surface area contributed by atoms with Gasteiger partial charge in [-0.15, -0.1) is 0 Å². The highest BCUT2D eigenvalue weighted by Crippen LogP contribution is 2.70. The molecule has 0 unspecified atom stereocenters. The first kappa shape index (κ1) is 15.8. The van der Waals surface area contributed by atoms with Crippen molar-refractivity contribution >= 4 is 11.9 Å². The molecule has 124 valence electrons. The summed E-state index contributed by atoms with van der Waals surface area (Å²) in [7, 11) is 0. The molecule has 2 N–H and O–H groups in total. The molecule has 0 aromatic carbocycles. The first-order valence-corrected chi connectivity index (χ1v) is 8.22. The monoisotopic (exact) mass is 310 g/mol. The maximum absolute atomic E-state index is 12.0. The largest absolute Gasteiger partial charge is 0.481 e. The molecule has 0 aromatic rings. The minimum Gasteiger partial charge on any atom is -0.481 e. The number of ether oxygens (including phenoxy) is 1. The van der Waals surface area contributed by atoms with Crippen molar-refractivity contribution in [2.75, 3.05) is 6.61 Å². The standard InChI is InChI=1S/C17H26O5/c1-10(18)22-9-17(21)7-5-11-13-12(17)4-6-16(13,14(19)20)8-15(11,2)3/h11-13,21H,4-9H2,1-3H3,(H,19,20)/t11-,12-,13+,16-,17+/m0/s1. The van der Waals surface area contributed by atoms with Gasteiger partial charge in [0.1, 0.15) is 12.2 Å². The average molecular weight is 310 g/mol. The molecule has 5 heteroatoms. The average Bonchev–Trinajstić information content (AvgIpc) is 2.88. The van der Waals surface area contributed by atoms with Crippen LogP contribution in [0.15, 0.2) is 0 Å². The number of carbonyl (C=O) groups excluding carboxylic acids is 1. The van der Waals surface area contributed by atoms with Crippen molar-refractivity contribution in [2.24, 2.45) is 28.6 Å². The van der Waals surface area contributed by atoms with Gasteiger partial charge in [0.15, 0.2) is 0 Å². The van der Waals surface area contributed by atoms with E-state index < -0.39 is 23.0 Å². The summed E-state index contributed by atoms with van der Waals surface area (Å²) in [5.74, 6) is -0.872. The summed E-state index contributed by atoms with van der Waals surface area (Å²) in [5, 5.41) is 20.9. The molecule has 3 aliphatic carbocycles. The highest BCUT2D eigenvalue weighted by atomic mass is 16.5. The highest BCUT2D eigenvalue weighted by molar-refractivity contribution is 5.76. The number of esters is 1. The molecular formula is C17H26O5. The number of hydrogen-bond acceptors (Lipinski definition) is 4. The predicted molar refractivity (Wildman–Crippen MR) is 79.0 cm³/mol. The molecule has 0 saturated heterocycles. The molecule has 3 aliphatic rings. The third-order valence-electron chi connectivity index (χ3n) is 6.71. The summed E-state index contributed by atoms with van der Waals surface area (Å²) < 4.78 is 5.09. The van der Waals surface area contributed by atoms with Crippen LogP contribution in [0.25, 0.3) is 0 Å². The van der Waals surface area contributed by atoms with Gasteiger partial charge in [0.2, 0.25) is 0 Å². The third-order valence-corrected chi connectivity index (χ3v) is 6.71. The summed E-state index contributed by atoms with van der Waals surface area (Å²) >= 11 is 0. The Morgan fingerprint density at radius 3 is 2.41 bits per heavy atom. The fourth-order valence-corrected chi connectivity index (χ4v) is 5.94. The summed E-state index contributed by atoms with van der Waals surface area (Å²) in [6, 6.07) is 0. The van der Waals surface area contributed by atoms with Gasteiger partial charge < -0.3 is 14.9 Å². The smallest absolute Gasteiger partial charge is 0.309 e. The van der Waals surface area contributed by atoms with Crippen LogP contribution < -0.4 is 0 Å². The Balaban J connectivity index is 1.94. The highest BCUT2D eigenvalue weighted by Gasteiger charge is 2.70. The van der Waals surface area contributed by atoms with E-state index in [2.05, 4.69) is 13.8 Å². The van der Waals surface area contributed by atoms with Gasteiger partial charge in [0.25, 0.3) is 0 Å². The second-order valence-electron chi connectivity index (χ2n) is 8.33. The fraction of sp³-hybridized carbons (Fsp3) is 0.882. The number of rotatable bonds is 3. The van der Waals surface area contributed by atoms with Gasteiger partial charge >= 0.3 is 11.9 Å². The molecule has 5 nitrogen and oxygen atoms in total. The number of carboxylic acids is 1. The van der Waals surface area contributed by atoms with E-state index in [-0.39, 0.29) is 23.9 Å². The molecule has 22 heavy (non-hydrogen) atoms. The number of carboxylic acid groups (broad SMARTS) is 1. The van der Waals surface area contributed by atoms with Crippen molar-refractivity contribution in [3.8, 4) is 0 Å². The summed E-state index contributed by atoms with van der Waals surface area (Å²) in [4.78, 5) is 23.1. The van der Waals surface area contributed by atoms with E-state index in [1.54, 1.807) is 0 Å². The Hall–Kier alpha value is -1.10. The lowest BCUT2D eigenvalue weighted by atomic mass is 9.61. The fourth-order valence-electron chi connectivity index (χ4n) is 5.94. The van der Waals surface area contributed by atoms with Crippen LogP contribution in [-0.4, -0.2) is 34.4 Å². The molecule has 0 bridgehead atoms. The van der Waals surface area contributed by atoms with E-state index in [1.165, 1.54) is 6.92 Å². The van der Waals surface area contributed by atoms with Crippen LogP contribution in [0.1, 0.15) is 52.9 Å². The lowest BCUT2D eigenvalue weighted by Gasteiger charge is -2.47. The molecule has 0 aliphatic heterocycles. The molecule has 0 radical (unpaired) electrons. The Morgan fingerprint density at radius 2 is 1.82 bits per heavy atom. The zero-order chi connectivity index (χ0) is 16.3. The maximum atomic E-state index is 12.0.